The molecule has 1 aliphatic rings. The number of aliphatic hydroxyl groups is 1. The molecule has 19 heavy (non-hydrogen) atoms. The van der Waals surface area contributed by atoms with Crippen molar-refractivity contribution in [2.75, 3.05) is 6.54 Å². The van der Waals surface area contributed by atoms with Crippen molar-refractivity contribution in [3.8, 4) is 0 Å². The number of aliphatic carboxylic acids is 1. The van der Waals surface area contributed by atoms with Crippen molar-refractivity contribution in [3.05, 3.63) is 41.1 Å². The molecule has 6 heteroatoms. The Hall–Kier alpha value is -2.18. The van der Waals surface area contributed by atoms with Gasteiger partial charge in [0, 0.05) is 0 Å². The lowest BCUT2D eigenvalue weighted by atomic mass is 10.1. The van der Waals surface area contributed by atoms with Crippen LogP contribution in [0, 0.1) is 0 Å². The number of carbonyl (C=O) groups is 2. The maximum absolute atomic E-state index is 11.5. The first-order chi connectivity index (χ1) is 9.02. The van der Waals surface area contributed by atoms with Gasteiger partial charge in [-0.25, -0.2) is 4.79 Å². The minimum Gasteiger partial charge on any atom is -0.477 e. The number of aliphatic hydroxyl groups excluding tert-OH is 1. The summed E-state index contributed by atoms with van der Waals surface area (Å²) >= 11 is 0. The van der Waals surface area contributed by atoms with Crippen molar-refractivity contribution in [1.29, 1.82) is 0 Å². The summed E-state index contributed by atoms with van der Waals surface area (Å²) in [6.07, 6.45) is 1.41. The number of nitrogens with two attached hydrogens (primary N) is 1. The van der Waals surface area contributed by atoms with Gasteiger partial charge in [-0.2, -0.15) is 0 Å². The standard InChI is InChI=1S/C13H14N2O4/c14-10-6-15(12(10)17)11(13(18)19)5-8-1-3-9(7-16)4-2-8/h1-5,10,16H,6-7,14H2,(H,18,19)/b11-5+. The van der Waals surface area contributed by atoms with Crippen LogP contribution in [0.25, 0.3) is 6.08 Å². The normalized spacial score (nSPS) is 19.3. The molecule has 0 bridgehead atoms. The van der Waals surface area contributed by atoms with E-state index in [1.54, 1.807) is 24.3 Å². The number of nitrogens with zero attached hydrogens (tertiary/aromatic N) is 1. The van der Waals surface area contributed by atoms with E-state index in [0.717, 1.165) is 10.5 Å². The number of carboxylic acids is 1. The molecule has 1 aromatic rings. The van der Waals surface area contributed by atoms with Crippen molar-refractivity contribution in [1.82, 2.24) is 4.90 Å². The van der Waals surface area contributed by atoms with Crippen molar-refractivity contribution in [3.63, 3.8) is 0 Å². The fourth-order valence-corrected chi connectivity index (χ4v) is 1.80. The average molecular weight is 262 g/mol. The van der Waals surface area contributed by atoms with Gasteiger partial charge in [0.1, 0.15) is 11.7 Å². The molecule has 2 rings (SSSR count). The summed E-state index contributed by atoms with van der Waals surface area (Å²) in [5.74, 6) is -1.56. The molecular formula is C13H14N2O4. The Morgan fingerprint density at radius 3 is 2.47 bits per heavy atom. The predicted molar refractivity (Wildman–Crippen MR) is 67.7 cm³/mol. The van der Waals surface area contributed by atoms with E-state index in [1.165, 1.54) is 6.08 Å². The molecule has 1 saturated heterocycles. The van der Waals surface area contributed by atoms with Crippen LogP contribution in [0.2, 0.25) is 0 Å². The van der Waals surface area contributed by atoms with Crippen LogP contribution in [0.4, 0.5) is 0 Å². The van der Waals surface area contributed by atoms with Gasteiger partial charge >= 0.3 is 5.97 Å². The third-order valence-corrected chi connectivity index (χ3v) is 2.94. The van der Waals surface area contributed by atoms with Gasteiger partial charge in [-0.05, 0) is 17.2 Å². The van der Waals surface area contributed by atoms with E-state index >= 15 is 0 Å². The zero-order valence-electron chi connectivity index (χ0n) is 10.1. The van der Waals surface area contributed by atoms with E-state index in [2.05, 4.69) is 0 Å². The van der Waals surface area contributed by atoms with Gasteiger partial charge < -0.3 is 20.8 Å². The number of carboxylic acid groups (broad SMARTS) is 1. The Balaban J connectivity index is 2.25. The van der Waals surface area contributed by atoms with Crippen LogP contribution in [-0.4, -0.2) is 39.6 Å². The van der Waals surface area contributed by atoms with Crippen molar-refractivity contribution < 1.29 is 19.8 Å². The molecule has 1 aromatic carbocycles. The fourth-order valence-electron chi connectivity index (χ4n) is 1.80. The number of likely N-dealkylation sites (tertiary alicyclic amines) is 1. The third-order valence-electron chi connectivity index (χ3n) is 2.94. The number of rotatable bonds is 4. The number of benzene rings is 1. The van der Waals surface area contributed by atoms with E-state index in [9.17, 15) is 9.59 Å². The molecule has 1 atom stereocenters. The summed E-state index contributed by atoms with van der Waals surface area (Å²) < 4.78 is 0. The Labute approximate surface area is 109 Å². The molecule has 100 valence electrons. The van der Waals surface area contributed by atoms with Gasteiger partial charge in [-0.1, -0.05) is 24.3 Å². The molecule has 1 heterocycles. The summed E-state index contributed by atoms with van der Waals surface area (Å²) in [7, 11) is 0. The highest BCUT2D eigenvalue weighted by Gasteiger charge is 2.38. The van der Waals surface area contributed by atoms with Gasteiger partial charge in [-0.3, -0.25) is 4.79 Å². The molecule has 1 fully saturated rings. The highest BCUT2D eigenvalue weighted by Crippen LogP contribution is 2.19. The summed E-state index contributed by atoms with van der Waals surface area (Å²) in [6.45, 7) is 0.140. The first-order valence-corrected chi connectivity index (χ1v) is 5.74. The second-order valence-corrected chi connectivity index (χ2v) is 4.29. The molecule has 4 N–H and O–H groups in total. The highest BCUT2D eigenvalue weighted by molar-refractivity contribution is 6.01. The number of carbonyl (C=O) groups excluding carboxylic acids is 1. The zero-order chi connectivity index (χ0) is 14.0. The molecule has 1 unspecified atom stereocenters. The van der Waals surface area contributed by atoms with E-state index in [1.807, 2.05) is 0 Å². The Morgan fingerprint density at radius 2 is 2.05 bits per heavy atom. The smallest absolute Gasteiger partial charge is 0.352 e. The van der Waals surface area contributed by atoms with Crippen LogP contribution in [0.5, 0.6) is 0 Å². The van der Waals surface area contributed by atoms with Crippen LogP contribution in [0.3, 0.4) is 0 Å². The zero-order valence-corrected chi connectivity index (χ0v) is 10.1. The first-order valence-electron chi connectivity index (χ1n) is 5.74. The van der Waals surface area contributed by atoms with Crippen molar-refractivity contribution in [2.45, 2.75) is 12.6 Å². The molecular weight excluding hydrogens is 248 g/mol. The van der Waals surface area contributed by atoms with Crippen LogP contribution in [-0.2, 0) is 16.2 Å². The third kappa shape index (κ3) is 2.64. The largest absolute Gasteiger partial charge is 0.477 e. The minimum absolute atomic E-state index is 0.0742. The van der Waals surface area contributed by atoms with E-state index in [0.29, 0.717) is 5.56 Å². The highest BCUT2D eigenvalue weighted by atomic mass is 16.4. The van der Waals surface area contributed by atoms with Gasteiger partial charge in [-0.15, -0.1) is 0 Å². The lowest BCUT2D eigenvalue weighted by molar-refractivity contribution is -0.146. The monoisotopic (exact) mass is 262 g/mol. The number of hydrogen-bond donors (Lipinski definition) is 3. The first kappa shape index (κ1) is 13.3. The van der Waals surface area contributed by atoms with Gasteiger partial charge in [0.2, 0.25) is 5.91 Å². The van der Waals surface area contributed by atoms with Gasteiger partial charge in [0.05, 0.1) is 13.2 Å². The second-order valence-electron chi connectivity index (χ2n) is 4.29. The summed E-state index contributed by atoms with van der Waals surface area (Å²) in [5.41, 5.74) is 6.72. The molecule has 0 saturated carbocycles. The molecule has 1 amide bonds. The van der Waals surface area contributed by atoms with E-state index < -0.39 is 12.0 Å². The number of β-lactam (4-membered cyclic amide) rings is 1. The summed E-state index contributed by atoms with van der Waals surface area (Å²) in [4.78, 5) is 23.8. The molecule has 0 spiro atoms. The lowest BCUT2D eigenvalue weighted by Gasteiger charge is -2.36. The topological polar surface area (TPSA) is 104 Å². The minimum atomic E-state index is -1.17. The maximum Gasteiger partial charge on any atom is 0.352 e. The van der Waals surface area contributed by atoms with Crippen LogP contribution in [0.1, 0.15) is 11.1 Å². The quantitative estimate of drug-likeness (QED) is 0.514. The van der Waals surface area contributed by atoms with E-state index in [-0.39, 0.29) is 24.8 Å². The number of amides is 1. The maximum atomic E-state index is 11.5. The van der Waals surface area contributed by atoms with Gasteiger partial charge in [0.15, 0.2) is 0 Å². The Morgan fingerprint density at radius 1 is 1.42 bits per heavy atom. The SMILES string of the molecule is NC1CN(/C(=C/c2ccc(CO)cc2)C(=O)O)C1=O. The Kier molecular flexibility index (Phi) is 3.64. The summed E-state index contributed by atoms with van der Waals surface area (Å²) in [6, 6.07) is 6.13. The number of hydrogen-bond acceptors (Lipinski definition) is 4. The van der Waals surface area contributed by atoms with Crippen LogP contribution in [0.15, 0.2) is 30.0 Å². The Bertz CT molecular complexity index is 536. The van der Waals surface area contributed by atoms with Crippen LogP contribution >= 0.6 is 0 Å². The summed E-state index contributed by atoms with van der Waals surface area (Å²) in [5, 5.41) is 18.1. The fraction of sp³-hybridized carbons (Fsp3) is 0.231. The van der Waals surface area contributed by atoms with Crippen LogP contribution < -0.4 is 5.73 Å². The van der Waals surface area contributed by atoms with E-state index in [4.69, 9.17) is 15.9 Å². The van der Waals surface area contributed by atoms with Crippen molar-refractivity contribution >= 4 is 18.0 Å². The average Bonchev–Trinajstić information content (AvgIpc) is 2.42. The second kappa shape index (κ2) is 5.21. The molecule has 6 nitrogen and oxygen atoms in total. The molecule has 0 aliphatic carbocycles. The predicted octanol–water partition coefficient (Wildman–Crippen LogP) is -0.226. The lowest BCUT2D eigenvalue weighted by Crippen LogP contribution is -2.60. The molecule has 1 aliphatic heterocycles. The van der Waals surface area contributed by atoms with Crippen molar-refractivity contribution in [2.24, 2.45) is 5.73 Å². The molecule has 0 aromatic heterocycles. The molecule has 0 radical (unpaired) electrons. The van der Waals surface area contributed by atoms with Gasteiger partial charge in [0.25, 0.3) is 0 Å².